The molecule has 8 rings (SSSR count). The first-order chi connectivity index (χ1) is 54.8. The van der Waals surface area contributed by atoms with Crippen molar-refractivity contribution >= 4 is 180 Å². The number of aldehydes is 1. The van der Waals surface area contributed by atoms with Crippen molar-refractivity contribution in [2.24, 2.45) is 22.8 Å². The molecule has 0 bridgehead atoms. The quantitative estimate of drug-likeness (QED) is 0.0118. The highest BCUT2D eigenvalue weighted by Gasteiger charge is 2.21. The van der Waals surface area contributed by atoms with Crippen molar-refractivity contribution in [1.29, 1.82) is 27.0 Å². The number of aromatic nitrogens is 7. The van der Waals surface area contributed by atoms with E-state index in [1.165, 1.54) is 30.9 Å². The number of halogens is 3. The fourth-order valence-corrected chi connectivity index (χ4v) is 9.95. The van der Waals surface area contributed by atoms with E-state index in [1.807, 2.05) is 60.1 Å². The van der Waals surface area contributed by atoms with Gasteiger partial charge in [0.15, 0.2) is 17.9 Å². The number of cyclic esters (lactones) is 1. The molecular formula is C71H82Br3N21O20. The fraction of sp³-hybridized carbons (Fsp3) is 0.239. The Kier molecular flexibility index (Phi) is 58.2. The van der Waals surface area contributed by atoms with Crippen LogP contribution in [0.15, 0.2) is 112 Å². The van der Waals surface area contributed by atoms with Gasteiger partial charge in [-0.2, -0.15) is 53.0 Å². The number of carboxylic acids is 1. The first-order valence-corrected chi connectivity index (χ1v) is 34.1. The van der Waals surface area contributed by atoms with E-state index in [-0.39, 0.29) is 65.7 Å². The van der Waals surface area contributed by atoms with E-state index >= 15 is 0 Å². The van der Waals surface area contributed by atoms with Crippen molar-refractivity contribution in [3.05, 3.63) is 180 Å². The lowest BCUT2D eigenvalue weighted by molar-refractivity contribution is -0.193. The predicted octanol–water partition coefficient (Wildman–Crippen LogP) is 6.63. The molecule has 7 heterocycles. The number of esters is 1. The number of allylic oxidation sites excluding steroid dienone is 1. The number of H-pyrrole nitrogens is 2. The van der Waals surface area contributed by atoms with E-state index in [0.717, 1.165) is 81.6 Å². The highest BCUT2D eigenvalue weighted by atomic mass is 79.9. The minimum absolute atomic E-state index is 0.109. The summed E-state index contributed by atoms with van der Waals surface area (Å²) in [6.07, 6.45) is 15.8. The molecule has 0 aliphatic carbocycles. The molecule has 0 saturated carbocycles. The predicted molar refractivity (Wildman–Crippen MR) is 431 cm³/mol. The fourth-order valence-electron chi connectivity index (χ4n) is 8.38. The summed E-state index contributed by atoms with van der Waals surface area (Å²) in [5.41, 5.74) is 16.6. The summed E-state index contributed by atoms with van der Waals surface area (Å²) in [5, 5.41) is 65.7. The van der Waals surface area contributed by atoms with Gasteiger partial charge in [-0.05, 0) is 140 Å². The number of nitrogens with zero attached hydrogens (tertiary/aromatic N) is 7. The normalized spacial score (nSPS) is 10.2. The van der Waals surface area contributed by atoms with Gasteiger partial charge in [0.05, 0.1) is 42.9 Å². The molecule has 0 radical (unpaired) electrons. The Morgan fingerprint density at radius 2 is 1.12 bits per heavy atom. The molecule has 1 amide bonds. The molecule has 0 fully saturated rings. The van der Waals surface area contributed by atoms with Crippen LogP contribution in [0.5, 0.6) is 11.5 Å². The second-order valence-corrected chi connectivity index (χ2v) is 22.4. The molecule has 1 aliphatic rings. The van der Waals surface area contributed by atoms with Crippen LogP contribution in [0.3, 0.4) is 0 Å². The summed E-state index contributed by atoms with van der Waals surface area (Å²) in [6, 6.07) is 13.8. The SMILES string of the molecule is CCC(=CN)C(C=O)=NC.CCc1cnn(C)c1/C=C1\N=C(C)OC1=O.CNc1cc(C(=O)NCc2ccc(OC)cc2OC)nc(Br)c1C=N.CNc1cc(C(=O)O)[nH]c(=O)c1C=N.CNc1cc(C)[nH]c(=O)c1C=N.CNc1cc(C)nc(Br)c1C=N.CNc1ccnc(Br)c1C=N.O=C=O.O=C=O.O=C=O.O=C=O.O=C=O. The first-order valence-electron chi connectivity index (χ1n) is 31.8. The summed E-state index contributed by atoms with van der Waals surface area (Å²) in [5.74, 6) is -0.249. The van der Waals surface area contributed by atoms with Gasteiger partial charge in [-0.1, -0.05) is 13.8 Å². The number of amides is 1. The van der Waals surface area contributed by atoms with Crippen molar-refractivity contribution in [2.75, 3.05) is 83.1 Å². The van der Waals surface area contributed by atoms with Crippen LogP contribution >= 0.6 is 47.8 Å². The monoisotopic (exact) mass is 1790 g/mol. The number of benzene rings is 1. The maximum absolute atomic E-state index is 12.4. The van der Waals surface area contributed by atoms with E-state index in [0.29, 0.717) is 77.1 Å². The third kappa shape index (κ3) is 38.8. The molecule has 612 valence electrons. The number of ether oxygens (including phenoxy) is 3. The number of rotatable bonds is 21. The number of nitrogens with two attached hydrogens (primary N) is 1. The molecule has 0 unspecified atom stereocenters. The topological polar surface area (TPSA) is 651 Å². The number of carbonyl (C=O) groups excluding carboxylic acids is 13. The highest BCUT2D eigenvalue weighted by Crippen LogP contribution is 2.27. The number of carboxylic acid groups (broad SMARTS) is 1. The maximum Gasteiger partial charge on any atom is 0.373 e. The van der Waals surface area contributed by atoms with Gasteiger partial charge >= 0.3 is 42.7 Å². The molecule has 0 saturated heterocycles. The second-order valence-electron chi connectivity index (χ2n) is 20.2. The number of hydrogen-bond acceptors (Lipinski definition) is 36. The molecule has 41 nitrogen and oxygen atoms in total. The van der Waals surface area contributed by atoms with E-state index in [2.05, 4.69) is 120 Å². The van der Waals surface area contributed by atoms with Gasteiger partial charge in [0.2, 0.25) is 0 Å². The summed E-state index contributed by atoms with van der Waals surface area (Å²) in [4.78, 5) is 173. The summed E-state index contributed by atoms with van der Waals surface area (Å²) in [6.45, 7) is 9.62. The minimum atomic E-state index is -1.21. The van der Waals surface area contributed by atoms with Crippen molar-refractivity contribution in [3.63, 3.8) is 0 Å². The molecule has 1 aliphatic heterocycles. The summed E-state index contributed by atoms with van der Waals surface area (Å²) in [7, 11) is 15.2. The third-order valence-electron chi connectivity index (χ3n) is 13.5. The van der Waals surface area contributed by atoms with E-state index in [4.69, 9.17) is 100 Å². The van der Waals surface area contributed by atoms with Crippen LogP contribution in [0, 0.1) is 40.9 Å². The van der Waals surface area contributed by atoms with Crippen LogP contribution in [0.1, 0.15) is 104 Å². The van der Waals surface area contributed by atoms with Gasteiger partial charge in [-0.15, -0.1) is 0 Å². The zero-order chi connectivity index (χ0) is 88.9. The van der Waals surface area contributed by atoms with Gasteiger partial charge in [0, 0.05) is 163 Å². The van der Waals surface area contributed by atoms with Crippen molar-refractivity contribution in [3.8, 4) is 11.5 Å². The molecule has 0 atom stereocenters. The number of pyridine rings is 5. The van der Waals surface area contributed by atoms with Crippen LogP contribution in [0.4, 0.5) is 28.4 Å². The van der Waals surface area contributed by atoms with Gasteiger partial charge in [0.25, 0.3) is 17.0 Å². The minimum Gasteiger partial charge on any atom is -0.497 e. The lowest BCUT2D eigenvalue weighted by atomic mass is 10.1. The molecule has 44 heteroatoms. The van der Waals surface area contributed by atoms with E-state index < -0.39 is 17.5 Å². The van der Waals surface area contributed by atoms with Crippen LogP contribution < -0.4 is 58.2 Å². The average Bonchev–Trinajstić information content (AvgIpc) is 1.81. The van der Waals surface area contributed by atoms with Gasteiger partial charge < -0.3 is 94.0 Å². The van der Waals surface area contributed by atoms with E-state index in [1.54, 1.807) is 104 Å². The summed E-state index contributed by atoms with van der Waals surface area (Å²) < 4.78 is 18.9. The Labute approximate surface area is 681 Å². The molecule has 1 aromatic carbocycles. The lowest BCUT2D eigenvalue weighted by Crippen LogP contribution is -2.24. The maximum atomic E-state index is 12.4. The third-order valence-corrected chi connectivity index (χ3v) is 15.4. The number of anilines is 5. The van der Waals surface area contributed by atoms with Gasteiger partial charge in [-0.25, -0.2) is 29.5 Å². The number of carbonyl (C=O) groups is 4. The summed E-state index contributed by atoms with van der Waals surface area (Å²) >= 11 is 9.83. The Morgan fingerprint density at radius 3 is 1.52 bits per heavy atom. The van der Waals surface area contributed by atoms with Crippen molar-refractivity contribution in [1.82, 2.24) is 40.0 Å². The lowest BCUT2D eigenvalue weighted by Gasteiger charge is -2.12. The van der Waals surface area contributed by atoms with Crippen LogP contribution in [-0.2, 0) is 82.3 Å². The van der Waals surface area contributed by atoms with Crippen molar-refractivity contribution in [2.45, 2.75) is 54.0 Å². The Balaban J connectivity index is -0.000000618. The molecule has 115 heavy (non-hydrogen) atoms. The van der Waals surface area contributed by atoms with Crippen LogP contribution in [-0.4, -0.2) is 194 Å². The first kappa shape index (κ1) is 107. The van der Waals surface area contributed by atoms with Gasteiger partial charge in [0.1, 0.15) is 42.4 Å². The van der Waals surface area contributed by atoms with Gasteiger partial charge in [-0.3, -0.25) is 28.9 Å². The molecule has 0 spiro atoms. The number of aromatic carboxylic acids is 1. The number of hydrogen-bond donors (Lipinski definition) is 15. The number of aliphatic imine (C=N–C) groups is 2. The average molecular weight is 1790 g/mol. The number of aromatic amines is 2. The molecule has 16 N–H and O–H groups in total. The molecular weight excluding hydrogens is 1710 g/mol. The van der Waals surface area contributed by atoms with Crippen molar-refractivity contribution < 1.29 is 86.4 Å². The second kappa shape index (κ2) is 62.5. The zero-order valence-electron chi connectivity index (χ0n) is 64.1. The van der Waals surface area contributed by atoms with Crippen LogP contribution in [0.25, 0.3) is 6.08 Å². The van der Waals surface area contributed by atoms with Crippen LogP contribution in [0.2, 0.25) is 0 Å². The number of aryl methyl sites for hydroxylation is 4. The Morgan fingerprint density at radius 1 is 0.652 bits per heavy atom. The zero-order valence-corrected chi connectivity index (χ0v) is 68.8. The highest BCUT2D eigenvalue weighted by molar-refractivity contribution is 9.11. The number of methoxy groups -OCH3 is 2. The number of nitrogens with one attached hydrogen (secondary N) is 13. The standard InChI is InChI=1S/C17H19BrN4O3.C11H13N3O2.C8H10BrN3.C8H9N3O3.C8H11N3O.C7H8BrN3.C7H12N2O.5CO2/c1-20-13-7-14(22-16(18)12(13)8-19)17(23)21-9-10-4-5-11(24-2)6-15(10)25-3;1-4-8-6-12-14(3)10(8)5-9-11(15)16-7(2)13-9;1-5-3-7(11-2)6(4-10)8(9)12-5;1-10-5-2-6(8(13)14)11-7(12)4(5)3-9;1-5-3-7(10-2)6(4-9)8(12)11-5;1-10-6-2-3-11-7(8)5(6)4-9;1-3-6(4-8)7(5-10)9-2;5*2-1-3/h4-8,19H,9H2,1-3H3,(H,20,22)(H,21,23);5-6H,4H2,1-3H3;3-4,10H,1-2H3,(H,11,12);2-3,9H,1H3,(H,13,14)(H2,10,11,12);3-4,9H,1-2H3,(H2,10,11,12);2-4,9H,1H3,(H,10,11);4-5H,3,8H2,1-2H3;;;;;/b;9-5-;;;;;;;;;;. The molecule has 6 aromatic heterocycles. The Bertz CT molecular complexity index is 4800. The Hall–Kier alpha value is -14.2. The largest absolute Gasteiger partial charge is 0.497 e. The van der Waals surface area contributed by atoms with E-state index in [9.17, 15) is 28.8 Å². The smallest absolute Gasteiger partial charge is 0.373 e. The molecule has 7 aromatic rings.